The van der Waals surface area contributed by atoms with Crippen LogP contribution in [0.3, 0.4) is 0 Å². The van der Waals surface area contributed by atoms with Crippen LogP contribution >= 0.6 is 0 Å². The summed E-state index contributed by atoms with van der Waals surface area (Å²) in [6.45, 7) is 0. The van der Waals surface area contributed by atoms with Gasteiger partial charge in [-0.3, -0.25) is 0 Å². The van der Waals surface area contributed by atoms with Gasteiger partial charge in [0, 0.05) is 6.20 Å². The van der Waals surface area contributed by atoms with Crippen molar-refractivity contribution in [3.05, 3.63) is 47.8 Å². The summed E-state index contributed by atoms with van der Waals surface area (Å²) in [5, 5.41) is 8.69. The van der Waals surface area contributed by atoms with Gasteiger partial charge in [0.05, 0.1) is 0 Å². The van der Waals surface area contributed by atoms with Crippen LogP contribution in [0.25, 0.3) is 5.57 Å². The molecule has 1 aromatic heterocycles. The Labute approximate surface area is 87.8 Å². The van der Waals surface area contributed by atoms with Crippen molar-refractivity contribution >= 4 is 11.5 Å². The molecule has 0 atom stereocenters. The zero-order valence-electron chi connectivity index (χ0n) is 8.18. The fourth-order valence-electron chi connectivity index (χ4n) is 1.52. The van der Waals surface area contributed by atoms with E-state index in [0.717, 1.165) is 24.0 Å². The van der Waals surface area contributed by atoms with E-state index < -0.39 is 5.97 Å². The molecule has 1 N–H and O–H groups in total. The summed E-state index contributed by atoms with van der Waals surface area (Å²) in [4.78, 5) is 14.5. The lowest BCUT2D eigenvalue weighted by molar-refractivity contribution is 0.0690. The fraction of sp³-hybridized carbons (Fsp3) is 0.167. The molecule has 0 saturated heterocycles. The molecule has 0 bridgehead atoms. The molecule has 3 nitrogen and oxygen atoms in total. The summed E-state index contributed by atoms with van der Waals surface area (Å²) in [6.07, 6.45) is 10.0. The highest BCUT2D eigenvalue weighted by Gasteiger charge is 2.05. The van der Waals surface area contributed by atoms with Crippen molar-refractivity contribution in [2.45, 2.75) is 12.8 Å². The van der Waals surface area contributed by atoms with Crippen molar-refractivity contribution in [1.29, 1.82) is 0 Å². The molecule has 3 heteroatoms. The SMILES string of the molecule is O=C(O)c1ccc(C2=CCCC=C2)cn1. The topological polar surface area (TPSA) is 50.2 Å². The second-order valence-corrected chi connectivity index (χ2v) is 3.38. The van der Waals surface area contributed by atoms with E-state index in [2.05, 4.69) is 17.1 Å². The highest BCUT2D eigenvalue weighted by atomic mass is 16.4. The Morgan fingerprint density at radius 2 is 2.20 bits per heavy atom. The Kier molecular flexibility index (Phi) is 2.63. The number of hydrogen-bond acceptors (Lipinski definition) is 2. The number of aromatic nitrogens is 1. The van der Waals surface area contributed by atoms with Crippen LogP contribution in [0.15, 0.2) is 36.6 Å². The van der Waals surface area contributed by atoms with Crippen molar-refractivity contribution in [2.24, 2.45) is 0 Å². The Hall–Kier alpha value is -1.90. The lowest BCUT2D eigenvalue weighted by Gasteiger charge is -2.06. The number of aromatic carboxylic acids is 1. The molecule has 1 aliphatic rings. The Morgan fingerprint density at radius 3 is 2.73 bits per heavy atom. The molecule has 0 saturated carbocycles. The van der Waals surface area contributed by atoms with Crippen molar-refractivity contribution in [3.8, 4) is 0 Å². The number of carboxylic acid groups (broad SMARTS) is 1. The summed E-state index contributed by atoms with van der Waals surface area (Å²) in [6, 6.07) is 3.32. The normalized spacial score (nSPS) is 14.8. The number of carbonyl (C=O) groups is 1. The van der Waals surface area contributed by atoms with Crippen LogP contribution in [-0.2, 0) is 0 Å². The van der Waals surface area contributed by atoms with Crippen LogP contribution in [0.2, 0.25) is 0 Å². The molecule has 0 amide bonds. The number of carboxylic acids is 1. The number of rotatable bonds is 2. The van der Waals surface area contributed by atoms with Crippen LogP contribution in [0.4, 0.5) is 0 Å². The molecule has 0 unspecified atom stereocenters. The van der Waals surface area contributed by atoms with Gasteiger partial charge in [0.2, 0.25) is 0 Å². The lowest BCUT2D eigenvalue weighted by Crippen LogP contribution is -2.00. The van der Waals surface area contributed by atoms with E-state index >= 15 is 0 Å². The van der Waals surface area contributed by atoms with E-state index in [1.165, 1.54) is 6.07 Å². The first kappa shape index (κ1) is 9.65. The van der Waals surface area contributed by atoms with E-state index in [-0.39, 0.29) is 5.69 Å². The fourth-order valence-corrected chi connectivity index (χ4v) is 1.52. The van der Waals surface area contributed by atoms with Gasteiger partial charge in [-0.1, -0.05) is 24.3 Å². The average Bonchev–Trinajstić information content (AvgIpc) is 2.30. The third-order valence-electron chi connectivity index (χ3n) is 2.31. The number of hydrogen-bond donors (Lipinski definition) is 1. The molecule has 1 aromatic rings. The third kappa shape index (κ3) is 2.13. The van der Waals surface area contributed by atoms with Crippen LogP contribution in [0.1, 0.15) is 28.9 Å². The molecule has 0 spiro atoms. The van der Waals surface area contributed by atoms with Crippen LogP contribution in [0, 0.1) is 0 Å². The van der Waals surface area contributed by atoms with Gasteiger partial charge in [0.25, 0.3) is 0 Å². The van der Waals surface area contributed by atoms with Crippen molar-refractivity contribution in [1.82, 2.24) is 4.98 Å². The molecule has 1 aliphatic carbocycles. The minimum atomic E-state index is -0.991. The standard InChI is InChI=1S/C12H11NO2/c14-12(15)11-7-6-10(8-13-11)9-4-2-1-3-5-9/h2,4-8H,1,3H2,(H,14,15). The largest absolute Gasteiger partial charge is 0.477 e. The van der Waals surface area contributed by atoms with E-state index in [1.54, 1.807) is 12.3 Å². The number of nitrogens with zero attached hydrogens (tertiary/aromatic N) is 1. The molecule has 2 rings (SSSR count). The molecule has 0 aliphatic heterocycles. The molecule has 0 aromatic carbocycles. The molecular formula is C12H11NO2. The number of allylic oxidation sites excluding steroid dienone is 4. The zero-order valence-corrected chi connectivity index (χ0v) is 8.18. The smallest absolute Gasteiger partial charge is 0.354 e. The molecular weight excluding hydrogens is 190 g/mol. The van der Waals surface area contributed by atoms with Gasteiger partial charge in [-0.15, -0.1) is 0 Å². The van der Waals surface area contributed by atoms with Gasteiger partial charge < -0.3 is 5.11 Å². The second kappa shape index (κ2) is 4.09. The Bertz CT molecular complexity index is 429. The van der Waals surface area contributed by atoms with Crippen LogP contribution in [-0.4, -0.2) is 16.1 Å². The predicted octanol–water partition coefficient (Wildman–Crippen LogP) is 2.51. The highest BCUT2D eigenvalue weighted by Crippen LogP contribution is 2.20. The van der Waals surface area contributed by atoms with E-state index in [0.29, 0.717) is 0 Å². The average molecular weight is 201 g/mol. The molecule has 1 heterocycles. The van der Waals surface area contributed by atoms with Crippen LogP contribution < -0.4 is 0 Å². The highest BCUT2D eigenvalue weighted by molar-refractivity contribution is 5.86. The summed E-state index contributed by atoms with van der Waals surface area (Å²) in [7, 11) is 0. The maximum Gasteiger partial charge on any atom is 0.354 e. The first-order valence-electron chi connectivity index (χ1n) is 4.84. The number of pyridine rings is 1. The van der Waals surface area contributed by atoms with Gasteiger partial charge in [-0.2, -0.15) is 0 Å². The quantitative estimate of drug-likeness (QED) is 0.799. The van der Waals surface area contributed by atoms with Gasteiger partial charge in [0.1, 0.15) is 5.69 Å². The third-order valence-corrected chi connectivity index (χ3v) is 2.31. The maximum absolute atomic E-state index is 10.6. The van der Waals surface area contributed by atoms with Gasteiger partial charge in [-0.25, -0.2) is 9.78 Å². The summed E-state index contributed by atoms with van der Waals surface area (Å²) >= 11 is 0. The summed E-state index contributed by atoms with van der Waals surface area (Å²) < 4.78 is 0. The molecule has 0 radical (unpaired) electrons. The molecule has 0 fully saturated rings. The Balaban J connectivity index is 2.27. The maximum atomic E-state index is 10.6. The lowest BCUT2D eigenvalue weighted by atomic mass is 10.0. The first-order chi connectivity index (χ1) is 7.27. The van der Waals surface area contributed by atoms with Crippen molar-refractivity contribution in [2.75, 3.05) is 0 Å². The molecule has 76 valence electrons. The summed E-state index contributed by atoms with van der Waals surface area (Å²) in [5.41, 5.74) is 2.17. The summed E-state index contributed by atoms with van der Waals surface area (Å²) in [5.74, 6) is -0.991. The van der Waals surface area contributed by atoms with Gasteiger partial charge in [-0.05, 0) is 30.0 Å². The van der Waals surface area contributed by atoms with Gasteiger partial charge in [0.15, 0.2) is 0 Å². The van der Waals surface area contributed by atoms with E-state index in [9.17, 15) is 4.79 Å². The zero-order chi connectivity index (χ0) is 10.7. The van der Waals surface area contributed by atoms with E-state index in [4.69, 9.17) is 5.11 Å². The monoisotopic (exact) mass is 201 g/mol. The van der Waals surface area contributed by atoms with Crippen molar-refractivity contribution < 1.29 is 9.90 Å². The van der Waals surface area contributed by atoms with Crippen LogP contribution in [0.5, 0.6) is 0 Å². The Morgan fingerprint density at radius 1 is 1.33 bits per heavy atom. The minimum Gasteiger partial charge on any atom is -0.477 e. The van der Waals surface area contributed by atoms with Gasteiger partial charge >= 0.3 is 5.97 Å². The first-order valence-corrected chi connectivity index (χ1v) is 4.84. The minimum absolute atomic E-state index is 0.0825. The van der Waals surface area contributed by atoms with E-state index in [1.807, 2.05) is 6.08 Å². The second-order valence-electron chi connectivity index (χ2n) is 3.38. The predicted molar refractivity (Wildman–Crippen MR) is 57.5 cm³/mol. The van der Waals surface area contributed by atoms with Crippen molar-refractivity contribution in [3.63, 3.8) is 0 Å². The molecule has 15 heavy (non-hydrogen) atoms.